The quantitative estimate of drug-likeness (QED) is 0.548. The van der Waals surface area contributed by atoms with E-state index in [0.717, 1.165) is 0 Å². The molecule has 0 atom stereocenters. The van der Waals surface area contributed by atoms with Crippen LogP contribution in [0.5, 0.6) is 0 Å². The summed E-state index contributed by atoms with van der Waals surface area (Å²) in [5, 5.41) is 2.59. The smallest absolute Gasteiger partial charge is 0.0211 e. The van der Waals surface area contributed by atoms with Crippen molar-refractivity contribution in [3.05, 3.63) is 60.7 Å². The molecule has 0 aliphatic heterocycles. The van der Waals surface area contributed by atoms with E-state index in [1.807, 2.05) is 11.8 Å². The molecular weight excluding hydrogens is 280 g/mol. The van der Waals surface area contributed by atoms with Crippen LogP contribution < -0.4 is 0 Å². The summed E-state index contributed by atoms with van der Waals surface area (Å²) in [5.74, 6) is 0. The summed E-state index contributed by atoms with van der Waals surface area (Å²) in [4.78, 5) is 2.70. The summed E-state index contributed by atoms with van der Waals surface area (Å²) in [6.45, 7) is 0. The first kappa shape index (κ1) is 13.6. The van der Waals surface area contributed by atoms with Gasteiger partial charge in [0.1, 0.15) is 0 Å². The van der Waals surface area contributed by atoms with Crippen LogP contribution in [0.1, 0.15) is 0 Å². The Bertz CT molecular complexity index is 747. The minimum atomic E-state index is 1.28. The van der Waals surface area contributed by atoms with Gasteiger partial charge in [0.2, 0.25) is 0 Å². The van der Waals surface area contributed by atoms with Gasteiger partial charge in [-0.05, 0) is 52.6 Å². The molecule has 0 unspecified atom stereocenters. The average molecular weight is 296 g/mol. The highest BCUT2D eigenvalue weighted by molar-refractivity contribution is 8.01. The van der Waals surface area contributed by atoms with E-state index in [0.29, 0.717) is 0 Å². The van der Waals surface area contributed by atoms with Crippen molar-refractivity contribution in [3.8, 4) is 11.1 Å². The van der Waals surface area contributed by atoms with Crippen LogP contribution in [0.25, 0.3) is 21.9 Å². The average Bonchev–Trinajstić information content (AvgIpc) is 2.53. The molecule has 0 fully saturated rings. The van der Waals surface area contributed by atoms with Crippen molar-refractivity contribution >= 4 is 34.3 Å². The first-order chi connectivity index (χ1) is 9.81. The second-order valence-corrected chi connectivity index (χ2v) is 6.33. The lowest BCUT2D eigenvalue weighted by Gasteiger charge is -2.09. The molecule has 0 saturated heterocycles. The fourth-order valence-corrected chi connectivity index (χ4v) is 3.86. The molecule has 3 rings (SSSR count). The van der Waals surface area contributed by atoms with Gasteiger partial charge in [-0.2, -0.15) is 0 Å². The van der Waals surface area contributed by atoms with Crippen molar-refractivity contribution in [1.82, 2.24) is 0 Å². The first-order valence-corrected chi connectivity index (χ1v) is 8.98. The Morgan fingerprint density at radius 2 is 1.25 bits per heavy atom. The van der Waals surface area contributed by atoms with Gasteiger partial charge in [-0.25, -0.2) is 0 Å². The minimum absolute atomic E-state index is 1.28. The van der Waals surface area contributed by atoms with Crippen molar-refractivity contribution in [2.75, 3.05) is 12.5 Å². The van der Waals surface area contributed by atoms with Crippen LogP contribution in [-0.2, 0) is 0 Å². The van der Waals surface area contributed by atoms with Crippen molar-refractivity contribution < 1.29 is 0 Å². The largest absolute Gasteiger partial charge is 0.128 e. The van der Waals surface area contributed by atoms with Gasteiger partial charge in [-0.15, -0.1) is 23.5 Å². The second-order valence-electron chi connectivity index (χ2n) is 4.63. The molecule has 0 amide bonds. The summed E-state index contributed by atoms with van der Waals surface area (Å²) in [6.07, 6.45) is 4.27. The third kappa shape index (κ3) is 2.58. The summed E-state index contributed by atoms with van der Waals surface area (Å²) in [6, 6.07) is 21.9. The molecule has 0 saturated carbocycles. The van der Waals surface area contributed by atoms with Crippen LogP contribution in [0.3, 0.4) is 0 Å². The molecule has 3 aromatic rings. The third-order valence-corrected chi connectivity index (χ3v) is 5.17. The first-order valence-electron chi connectivity index (χ1n) is 6.53. The highest BCUT2D eigenvalue weighted by atomic mass is 32.2. The zero-order valence-electron chi connectivity index (χ0n) is 11.6. The van der Waals surface area contributed by atoms with Gasteiger partial charge in [-0.3, -0.25) is 0 Å². The standard InChI is InChI=1S/C18H16S2/c1-19-17-10-9-16(12-18(17)20-2)15-8-7-13-5-3-4-6-14(13)11-15/h3-12H,1-2H3. The van der Waals surface area contributed by atoms with Gasteiger partial charge in [-0.1, -0.05) is 42.5 Å². The van der Waals surface area contributed by atoms with Crippen molar-refractivity contribution in [2.24, 2.45) is 0 Å². The topological polar surface area (TPSA) is 0 Å². The van der Waals surface area contributed by atoms with Crippen LogP contribution in [0.4, 0.5) is 0 Å². The van der Waals surface area contributed by atoms with E-state index in [-0.39, 0.29) is 0 Å². The lowest BCUT2D eigenvalue weighted by molar-refractivity contribution is 1.26. The van der Waals surface area contributed by atoms with E-state index >= 15 is 0 Å². The van der Waals surface area contributed by atoms with E-state index in [9.17, 15) is 0 Å². The molecule has 100 valence electrons. The van der Waals surface area contributed by atoms with Gasteiger partial charge in [0.05, 0.1) is 0 Å². The normalized spacial score (nSPS) is 10.9. The number of rotatable bonds is 3. The van der Waals surface area contributed by atoms with E-state index in [2.05, 4.69) is 73.2 Å². The summed E-state index contributed by atoms with van der Waals surface area (Å²) >= 11 is 3.62. The Hall–Kier alpha value is -1.38. The minimum Gasteiger partial charge on any atom is -0.128 e. The predicted octanol–water partition coefficient (Wildman–Crippen LogP) is 5.95. The number of hydrogen-bond donors (Lipinski definition) is 0. The monoisotopic (exact) mass is 296 g/mol. The number of benzene rings is 3. The number of thioether (sulfide) groups is 2. The molecule has 20 heavy (non-hydrogen) atoms. The maximum Gasteiger partial charge on any atom is 0.0211 e. The molecule has 3 aromatic carbocycles. The Kier molecular flexibility index (Phi) is 4.04. The van der Waals surface area contributed by atoms with Crippen LogP contribution in [-0.4, -0.2) is 12.5 Å². The highest BCUT2D eigenvalue weighted by Gasteiger charge is 2.05. The molecule has 0 aliphatic carbocycles. The number of hydrogen-bond acceptors (Lipinski definition) is 2. The third-order valence-electron chi connectivity index (χ3n) is 3.47. The van der Waals surface area contributed by atoms with Gasteiger partial charge in [0.25, 0.3) is 0 Å². The molecule has 0 nitrogen and oxygen atoms in total. The fourth-order valence-electron chi connectivity index (χ4n) is 2.38. The van der Waals surface area contributed by atoms with Crippen molar-refractivity contribution in [2.45, 2.75) is 9.79 Å². The molecule has 0 aliphatic rings. The maximum atomic E-state index is 2.29. The van der Waals surface area contributed by atoms with E-state index in [1.54, 1.807) is 11.8 Å². The van der Waals surface area contributed by atoms with Gasteiger partial charge < -0.3 is 0 Å². The molecular formula is C18H16S2. The van der Waals surface area contributed by atoms with Gasteiger partial charge >= 0.3 is 0 Å². The zero-order valence-corrected chi connectivity index (χ0v) is 13.2. The molecule has 0 aromatic heterocycles. The van der Waals surface area contributed by atoms with Crippen LogP contribution in [0, 0.1) is 0 Å². The lowest BCUT2D eigenvalue weighted by Crippen LogP contribution is -1.83. The molecule has 0 bridgehead atoms. The molecule has 0 radical (unpaired) electrons. The Morgan fingerprint density at radius 3 is 2.00 bits per heavy atom. The SMILES string of the molecule is CSc1ccc(-c2ccc3ccccc3c2)cc1SC. The summed E-state index contributed by atoms with van der Waals surface area (Å²) < 4.78 is 0. The summed E-state index contributed by atoms with van der Waals surface area (Å²) in [7, 11) is 0. The highest BCUT2D eigenvalue weighted by Crippen LogP contribution is 2.33. The number of fused-ring (bicyclic) bond motifs is 1. The van der Waals surface area contributed by atoms with E-state index in [1.165, 1.54) is 31.7 Å². The van der Waals surface area contributed by atoms with Crippen LogP contribution in [0.15, 0.2) is 70.5 Å². The lowest BCUT2D eigenvalue weighted by atomic mass is 10.0. The fraction of sp³-hybridized carbons (Fsp3) is 0.111. The Morgan fingerprint density at radius 1 is 0.600 bits per heavy atom. The molecule has 2 heteroatoms. The zero-order chi connectivity index (χ0) is 13.9. The summed E-state index contributed by atoms with van der Waals surface area (Å²) in [5.41, 5.74) is 2.57. The Balaban J connectivity index is 2.10. The van der Waals surface area contributed by atoms with Crippen LogP contribution in [0.2, 0.25) is 0 Å². The molecule has 0 spiro atoms. The molecule has 0 heterocycles. The van der Waals surface area contributed by atoms with Gasteiger partial charge in [0.15, 0.2) is 0 Å². The van der Waals surface area contributed by atoms with E-state index in [4.69, 9.17) is 0 Å². The van der Waals surface area contributed by atoms with Crippen molar-refractivity contribution in [1.29, 1.82) is 0 Å². The molecule has 0 N–H and O–H groups in total. The van der Waals surface area contributed by atoms with Crippen molar-refractivity contribution in [3.63, 3.8) is 0 Å². The van der Waals surface area contributed by atoms with Crippen LogP contribution >= 0.6 is 23.5 Å². The maximum absolute atomic E-state index is 2.29. The van der Waals surface area contributed by atoms with Gasteiger partial charge in [0, 0.05) is 9.79 Å². The second kappa shape index (κ2) is 5.94. The van der Waals surface area contributed by atoms with E-state index < -0.39 is 0 Å². The predicted molar refractivity (Wildman–Crippen MR) is 92.9 cm³/mol. The Labute approximate surface area is 128 Å².